The summed E-state index contributed by atoms with van der Waals surface area (Å²) >= 11 is 0. The van der Waals surface area contributed by atoms with Gasteiger partial charge in [0.1, 0.15) is 12.1 Å². The smallest absolute Gasteiger partial charge is 0.212 e. The van der Waals surface area contributed by atoms with Gasteiger partial charge in [-0.25, -0.2) is 18.4 Å². The number of piperidine rings is 1. The van der Waals surface area contributed by atoms with E-state index in [-0.39, 0.29) is 5.75 Å². The fourth-order valence-electron chi connectivity index (χ4n) is 3.75. The number of sulfonamides is 1. The summed E-state index contributed by atoms with van der Waals surface area (Å²) in [5.41, 5.74) is 6.50. The van der Waals surface area contributed by atoms with Crippen molar-refractivity contribution in [3.63, 3.8) is 0 Å². The summed E-state index contributed by atoms with van der Waals surface area (Å²) < 4.78 is 37.6. The Kier molecular flexibility index (Phi) is 7.32. The number of fused-ring (bicyclic) bond motifs is 1. The van der Waals surface area contributed by atoms with Crippen molar-refractivity contribution in [3.8, 4) is 11.5 Å². The number of hydrogen-bond acceptors (Lipinski definition) is 8. The highest BCUT2D eigenvalue weighted by atomic mass is 32.2. The number of methoxy groups -OCH3 is 2. The van der Waals surface area contributed by atoms with Crippen molar-refractivity contribution in [1.29, 1.82) is 0 Å². The lowest BCUT2D eigenvalue weighted by Crippen LogP contribution is -2.42. The van der Waals surface area contributed by atoms with Crippen LogP contribution in [-0.2, 0) is 10.0 Å². The molecule has 1 aliphatic rings. The average molecular weight is 438 g/mol. The van der Waals surface area contributed by atoms with Gasteiger partial charge in [0, 0.05) is 24.5 Å². The first-order chi connectivity index (χ1) is 14.4. The van der Waals surface area contributed by atoms with Crippen LogP contribution in [-0.4, -0.2) is 57.6 Å². The molecular formula is C20H31N5O4S. The third-order valence-corrected chi connectivity index (χ3v) is 7.03. The van der Waals surface area contributed by atoms with E-state index in [1.54, 1.807) is 20.5 Å². The molecule has 1 fully saturated rings. The van der Waals surface area contributed by atoms with E-state index in [0.29, 0.717) is 30.3 Å². The van der Waals surface area contributed by atoms with Gasteiger partial charge in [0.05, 0.1) is 31.7 Å². The van der Waals surface area contributed by atoms with Gasteiger partial charge in [0.15, 0.2) is 11.5 Å². The standard InChI is InChI=1S/C20H31N5O4S/c1-4-19(21)24-30(26,27)10-7-14-5-8-25(9-6-14)20-15-11-17(28-2)18(29-3)12-16(15)22-13-23-20/h11-14,19,24H,4-10,21H2,1-3H3. The number of ether oxygens (including phenoxy) is 2. The molecule has 0 radical (unpaired) electrons. The molecule has 1 aromatic heterocycles. The molecule has 0 saturated carbocycles. The zero-order chi connectivity index (χ0) is 21.7. The van der Waals surface area contributed by atoms with Crippen molar-refractivity contribution in [3.05, 3.63) is 18.5 Å². The molecule has 2 heterocycles. The number of aromatic nitrogens is 2. The van der Waals surface area contributed by atoms with E-state index in [1.165, 1.54) is 0 Å². The highest BCUT2D eigenvalue weighted by Gasteiger charge is 2.24. The summed E-state index contributed by atoms with van der Waals surface area (Å²) in [7, 11) is -0.131. The van der Waals surface area contributed by atoms with Crippen LogP contribution in [0.4, 0.5) is 5.82 Å². The largest absolute Gasteiger partial charge is 0.493 e. The Bertz CT molecular complexity index is 961. The van der Waals surface area contributed by atoms with E-state index in [4.69, 9.17) is 15.2 Å². The van der Waals surface area contributed by atoms with Gasteiger partial charge in [-0.3, -0.25) is 0 Å². The number of nitrogens with two attached hydrogens (primary N) is 1. The molecule has 1 saturated heterocycles. The summed E-state index contributed by atoms with van der Waals surface area (Å²) in [6.07, 6.45) is 4.07. The van der Waals surface area contributed by atoms with Crippen molar-refractivity contribution in [2.75, 3.05) is 38.0 Å². The number of rotatable bonds is 9. The zero-order valence-corrected chi connectivity index (χ0v) is 18.6. The van der Waals surface area contributed by atoms with Crippen LogP contribution in [0.25, 0.3) is 10.9 Å². The van der Waals surface area contributed by atoms with Gasteiger partial charge in [-0.15, -0.1) is 0 Å². The Hall–Kier alpha value is -2.17. The Morgan fingerprint density at radius 1 is 1.20 bits per heavy atom. The quantitative estimate of drug-likeness (QED) is 0.571. The molecular weight excluding hydrogens is 406 g/mol. The van der Waals surface area contributed by atoms with Gasteiger partial charge in [0.25, 0.3) is 0 Å². The van der Waals surface area contributed by atoms with Crippen LogP contribution >= 0.6 is 0 Å². The lowest BCUT2D eigenvalue weighted by Gasteiger charge is -2.33. The molecule has 9 nitrogen and oxygen atoms in total. The summed E-state index contributed by atoms with van der Waals surface area (Å²) in [5, 5.41) is 0.911. The average Bonchev–Trinajstić information content (AvgIpc) is 2.76. The Morgan fingerprint density at radius 2 is 1.87 bits per heavy atom. The second kappa shape index (κ2) is 9.76. The third kappa shape index (κ3) is 5.30. The molecule has 0 aliphatic carbocycles. The first-order valence-electron chi connectivity index (χ1n) is 10.2. The normalized spacial score (nSPS) is 16.6. The third-order valence-electron chi connectivity index (χ3n) is 5.60. The lowest BCUT2D eigenvalue weighted by molar-refractivity contribution is 0.355. The van der Waals surface area contributed by atoms with Gasteiger partial charge >= 0.3 is 0 Å². The van der Waals surface area contributed by atoms with Gasteiger partial charge in [0.2, 0.25) is 10.0 Å². The van der Waals surface area contributed by atoms with Crippen LogP contribution in [0.1, 0.15) is 32.6 Å². The Balaban J connectivity index is 1.66. The first-order valence-corrected chi connectivity index (χ1v) is 11.9. The minimum absolute atomic E-state index is 0.110. The Morgan fingerprint density at radius 3 is 2.50 bits per heavy atom. The van der Waals surface area contributed by atoms with Crippen LogP contribution in [0.3, 0.4) is 0 Å². The van der Waals surface area contributed by atoms with Crippen LogP contribution < -0.4 is 24.8 Å². The topological polar surface area (TPSA) is 120 Å². The molecule has 166 valence electrons. The molecule has 10 heteroatoms. The summed E-state index contributed by atoms with van der Waals surface area (Å²) in [4.78, 5) is 11.1. The monoisotopic (exact) mass is 437 g/mol. The molecule has 0 bridgehead atoms. The fourth-order valence-corrected chi connectivity index (χ4v) is 5.14. The lowest BCUT2D eigenvalue weighted by atomic mass is 9.94. The number of benzene rings is 1. The molecule has 1 atom stereocenters. The Labute approximate surface area is 178 Å². The fraction of sp³-hybridized carbons (Fsp3) is 0.600. The molecule has 1 aliphatic heterocycles. The second-order valence-electron chi connectivity index (χ2n) is 7.59. The van der Waals surface area contributed by atoms with Crippen LogP contribution in [0.15, 0.2) is 18.5 Å². The minimum Gasteiger partial charge on any atom is -0.493 e. The van der Waals surface area contributed by atoms with Crippen molar-refractivity contribution in [2.45, 2.75) is 38.8 Å². The maximum absolute atomic E-state index is 12.1. The molecule has 1 aromatic carbocycles. The molecule has 3 N–H and O–H groups in total. The maximum Gasteiger partial charge on any atom is 0.212 e. The maximum atomic E-state index is 12.1. The summed E-state index contributed by atoms with van der Waals surface area (Å²) in [6.45, 7) is 3.48. The van der Waals surface area contributed by atoms with Gasteiger partial charge < -0.3 is 20.1 Å². The summed E-state index contributed by atoms with van der Waals surface area (Å²) in [5.74, 6) is 2.60. The second-order valence-corrected chi connectivity index (χ2v) is 9.47. The van der Waals surface area contributed by atoms with Crippen molar-refractivity contribution in [1.82, 2.24) is 14.7 Å². The molecule has 30 heavy (non-hydrogen) atoms. The van der Waals surface area contributed by atoms with E-state index in [1.807, 2.05) is 19.1 Å². The van der Waals surface area contributed by atoms with Crippen LogP contribution in [0.2, 0.25) is 0 Å². The highest BCUT2D eigenvalue weighted by molar-refractivity contribution is 7.89. The van der Waals surface area contributed by atoms with Crippen LogP contribution in [0.5, 0.6) is 11.5 Å². The van der Waals surface area contributed by atoms with Crippen molar-refractivity contribution >= 4 is 26.7 Å². The first kappa shape index (κ1) is 22.5. The molecule has 0 amide bonds. The van der Waals surface area contributed by atoms with E-state index < -0.39 is 16.2 Å². The SMILES string of the molecule is CCC(N)NS(=O)(=O)CCC1CCN(c2ncnc3cc(OC)c(OC)cc23)CC1. The zero-order valence-electron chi connectivity index (χ0n) is 17.8. The number of hydrogen-bond donors (Lipinski definition) is 2. The summed E-state index contributed by atoms with van der Waals surface area (Å²) in [6, 6.07) is 3.76. The van der Waals surface area contributed by atoms with Crippen molar-refractivity contribution < 1.29 is 17.9 Å². The van der Waals surface area contributed by atoms with E-state index in [9.17, 15) is 8.42 Å². The van der Waals surface area contributed by atoms with Crippen molar-refractivity contribution in [2.24, 2.45) is 11.7 Å². The predicted molar refractivity (Wildman–Crippen MR) is 117 cm³/mol. The van der Waals surface area contributed by atoms with E-state index in [0.717, 1.165) is 42.7 Å². The van der Waals surface area contributed by atoms with E-state index >= 15 is 0 Å². The van der Waals surface area contributed by atoms with E-state index in [2.05, 4.69) is 19.6 Å². The molecule has 1 unspecified atom stereocenters. The molecule has 2 aromatic rings. The van der Waals surface area contributed by atoms with Gasteiger partial charge in [-0.05, 0) is 37.7 Å². The van der Waals surface area contributed by atoms with Crippen LogP contribution in [0, 0.1) is 5.92 Å². The van der Waals surface area contributed by atoms with Gasteiger partial charge in [-0.2, -0.15) is 4.72 Å². The molecule has 3 rings (SSSR count). The highest BCUT2D eigenvalue weighted by Crippen LogP contribution is 2.36. The molecule has 0 spiro atoms. The minimum atomic E-state index is -3.34. The number of anilines is 1. The predicted octanol–water partition coefficient (Wildman–Crippen LogP) is 1.87. The van der Waals surface area contributed by atoms with Gasteiger partial charge in [-0.1, -0.05) is 6.92 Å². The number of nitrogens with one attached hydrogen (secondary N) is 1. The number of nitrogens with zero attached hydrogens (tertiary/aromatic N) is 3.